The van der Waals surface area contributed by atoms with Gasteiger partial charge in [0.2, 0.25) is 5.91 Å². The first-order valence-electron chi connectivity index (χ1n) is 15.3. The number of carbonyl (C=O) groups excluding carboxylic acids is 2. The molecule has 4 heterocycles. The van der Waals surface area contributed by atoms with Crippen molar-refractivity contribution in [2.24, 2.45) is 0 Å². The zero-order valence-electron chi connectivity index (χ0n) is 26.4. The van der Waals surface area contributed by atoms with Gasteiger partial charge in [-0.15, -0.1) is 11.3 Å². The topological polar surface area (TPSA) is 109 Å². The maximum absolute atomic E-state index is 15.9. The number of nitrogens with zero attached hydrogens (tertiary/aromatic N) is 3. The summed E-state index contributed by atoms with van der Waals surface area (Å²) in [4.78, 5) is 31.1. The van der Waals surface area contributed by atoms with E-state index in [0.717, 1.165) is 23.1 Å². The fourth-order valence-electron chi connectivity index (χ4n) is 5.68. The van der Waals surface area contributed by atoms with Crippen LogP contribution in [0.25, 0.3) is 43.9 Å². The molecule has 1 fully saturated rings. The van der Waals surface area contributed by atoms with Crippen LogP contribution >= 0.6 is 11.3 Å². The van der Waals surface area contributed by atoms with Crippen LogP contribution in [0, 0.1) is 11.6 Å². The summed E-state index contributed by atoms with van der Waals surface area (Å²) in [5, 5.41) is 12.6. The Bertz CT molecular complexity index is 2020. The van der Waals surface area contributed by atoms with Crippen LogP contribution < -0.4 is 10.1 Å². The predicted molar refractivity (Wildman–Crippen MR) is 178 cm³/mol. The molecule has 3 aromatic heterocycles. The number of hydrogen-bond acceptors (Lipinski definition) is 7. The van der Waals surface area contributed by atoms with Gasteiger partial charge in [0.25, 0.3) is 5.91 Å². The van der Waals surface area contributed by atoms with Gasteiger partial charge in [-0.2, -0.15) is 5.10 Å². The van der Waals surface area contributed by atoms with Crippen molar-refractivity contribution in [3.8, 4) is 39.5 Å². The lowest BCUT2D eigenvalue weighted by atomic mass is 9.96. The number of pyridine rings is 1. The standard InChI is InChI=1S/C35H31F4N5O4S/c1-4-29(45)40-18(2)26-15-27(43-42-26)33-31(30-23(37)13-21(36)14-28(30)48-11-10-47-3)34-22(9-12-49-34)32(41-33)19-5-7-20(8-6-19)35(46)44-16-24(38)25(39)17-44/h4-9,12-15,18,24-25H,1,10-11,16-17H2,2-3H3,(H,40,45)(H,42,43). The summed E-state index contributed by atoms with van der Waals surface area (Å²) in [5.74, 6) is -2.65. The van der Waals surface area contributed by atoms with Crippen LogP contribution in [0.2, 0.25) is 0 Å². The number of alkyl halides is 2. The summed E-state index contributed by atoms with van der Waals surface area (Å²) in [6.07, 6.45) is -2.31. The number of ether oxygens (including phenoxy) is 2. The SMILES string of the molecule is C=CC(=O)NC(C)c1cc(-c2nc(-c3ccc(C(=O)N4CC(F)C(F)C4)cc3)c3ccsc3c2-c2c(F)cc(F)cc2OCCOC)n[nH]1. The second kappa shape index (κ2) is 14.2. The second-order valence-corrected chi connectivity index (χ2v) is 12.3. The quantitative estimate of drug-likeness (QED) is 0.0894. The minimum absolute atomic E-state index is 0.0222. The van der Waals surface area contributed by atoms with Gasteiger partial charge in [-0.1, -0.05) is 18.7 Å². The maximum Gasteiger partial charge on any atom is 0.254 e. The van der Waals surface area contributed by atoms with E-state index in [4.69, 9.17) is 14.5 Å². The largest absolute Gasteiger partial charge is 0.490 e. The first kappa shape index (κ1) is 33.8. The van der Waals surface area contributed by atoms with Gasteiger partial charge in [0.05, 0.1) is 42.7 Å². The van der Waals surface area contributed by atoms with E-state index in [2.05, 4.69) is 22.1 Å². The lowest BCUT2D eigenvalue weighted by molar-refractivity contribution is -0.117. The molecule has 14 heteroatoms. The van der Waals surface area contributed by atoms with E-state index in [9.17, 15) is 22.8 Å². The highest BCUT2D eigenvalue weighted by molar-refractivity contribution is 7.18. The Kier molecular flexibility index (Phi) is 9.79. The first-order valence-corrected chi connectivity index (χ1v) is 16.2. The van der Waals surface area contributed by atoms with Gasteiger partial charge in [0, 0.05) is 46.0 Å². The van der Waals surface area contributed by atoms with Gasteiger partial charge in [-0.05, 0) is 42.6 Å². The molecule has 0 radical (unpaired) electrons. The second-order valence-electron chi connectivity index (χ2n) is 11.4. The molecule has 254 valence electrons. The van der Waals surface area contributed by atoms with E-state index in [-0.39, 0.29) is 48.9 Å². The number of H-pyrrole nitrogens is 1. The summed E-state index contributed by atoms with van der Waals surface area (Å²) < 4.78 is 69.5. The number of fused-ring (bicyclic) bond motifs is 1. The van der Waals surface area contributed by atoms with Gasteiger partial charge in [0.1, 0.15) is 35.4 Å². The Hall–Kier alpha value is -5.08. The van der Waals surface area contributed by atoms with E-state index in [1.165, 1.54) is 18.4 Å². The molecule has 9 nitrogen and oxygen atoms in total. The Morgan fingerprint density at radius 3 is 2.51 bits per heavy atom. The van der Waals surface area contributed by atoms with E-state index >= 15 is 4.39 Å². The third-order valence-electron chi connectivity index (χ3n) is 8.15. The number of hydrogen-bond donors (Lipinski definition) is 2. The van der Waals surface area contributed by atoms with Crippen molar-refractivity contribution in [3.05, 3.63) is 89.5 Å². The summed E-state index contributed by atoms with van der Waals surface area (Å²) in [7, 11) is 1.48. The van der Waals surface area contributed by atoms with Crippen LogP contribution in [0.15, 0.2) is 66.6 Å². The molecule has 0 spiro atoms. The Balaban J connectivity index is 1.51. The Labute approximate surface area is 282 Å². The summed E-state index contributed by atoms with van der Waals surface area (Å²) in [5.41, 5.74) is 2.67. The molecule has 2 N–H and O–H groups in total. The average Bonchev–Trinajstić information content (AvgIpc) is 3.85. The number of amides is 2. The molecule has 3 unspecified atom stereocenters. The minimum Gasteiger partial charge on any atom is -0.490 e. The zero-order valence-corrected chi connectivity index (χ0v) is 27.3. The molecule has 2 aromatic carbocycles. The molecule has 0 bridgehead atoms. The number of carbonyl (C=O) groups is 2. The minimum atomic E-state index is -1.73. The lowest BCUT2D eigenvalue weighted by Gasteiger charge is -2.18. The fourth-order valence-corrected chi connectivity index (χ4v) is 6.63. The fraction of sp³-hybridized carbons (Fsp3) is 0.257. The van der Waals surface area contributed by atoms with Gasteiger partial charge in [-0.25, -0.2) is 22.5 Å². The predicted octanol–water partition coefficient (Wildman–Crippen LogP) is 6.82. The van der Waals surface area contributed by atoms with Crippen LogP contribution in [0.1, 0.15) is 29.0 Å². The Morgan fingerprint density at radius 2 is 1.82 bits per heavy atom. The van der Waals surface area contributed by atoms with Crippen molar-refractivity contribution in [3.63, 3.8) is 0 Å². The highest BCUT2D eigenvalue weighted by Crippen LogP contribution is 2.47. The van der Waals surface area contributed by atoms with Crippen molar-refractivity contribution in [1.82, 2.24) is 25.4 Å². The number of halogens is 4. The normalized spacial score (nSPS) is 16.6. The highest BCUT2D eigenvalue weighted by atomic mass is 32.1. The molecule has 5 aromatic rings. The molecular formula is C35H31F4N5O4S. The molecule has 2 amide bonds. The summed E-state index contributed by atoms with van der Waals surface area (Å²) in [6.45, 7) is 4.78. The van der Waals surface area contributed by atoms with Crippen LogP contribution in [-0.4, -0.2) is 77.7 Å². The summed E-state index contributed by atoms with van der Waals surface area (Å²) in [6, 6.07) is 11.3. The van der Waals surface area contributed by atoms with Crippen LogP contribution in [-0.2, 0) is 9.53 Å². The third-order valence-corrected chi connectivity index (χ3v) is 9.08. The van der Waals surface area contributed by atoms with Gasteiger partial charge < -0.3 is 19.7 Å². The maximum atomic E-state index is 15.9. The van der Waals surface area contributed by atoms with Gasteiger partial charge >= 0.3 is 0 Å². The van der Waals surface area contributed by atoms with Crippen molar-refractivity contribution < 1.29 is 36.6 Å². The molecule has 1 aliphatic rings. The van der Waals surface area contributed by atoms with Crippen molar-refractivity contribution in [2.75, 3.05) is 33.4 Å². The van der Waals surface area contributed by atoms with Gasteiger partial charge in [0.15, 0.2) is 12.3 Å². The zero-order chi connectivity index (χ0) is 34.8. The summed E-state index contributed by atoms with van der Waals surface area (Å²) >= 11 is 1.31. The molecule has 3 atom stereocenters. The number of benzene rings is 2. The third kappa shape index (κ3) is 6.78. The molecule has 0 saturated carbocycles. The smallest absolute Gasteiger partial charge is 0.254 e. The molecule has 49 heavy (non-hydrogen) atoms. The van der Waals surface area contributed by atoms with Crippen LogP contribution in [0.3, 0.4) is 0 Å². The number of methoxy groups -OCH3 is 1. The van der Waals surface area contributed by atoms with E-state index < -0.39 is 41.8 Å². The van der Waals surface area contributed by atoms with Crippen molar-refractivity contribution in [1.29, 1.82) is 0 Å². The van der Waals surface area contributed by atoms with Crippen LogP contribution in [0.4, 0.5) is 17.6 Å². The monoisotopic (exact) mass is 693 g/mol. The Morgan fingerprint density at radius 1 is 1.08 bits per heavy atom. The van der Waals surface area contributed by atoms with Crippen molar-refractivity contribution >= 4 is 33.2 Å². The average molecular weight is 694 g/mol. The number of aromatic amines is 1. The molecule has 1 saturated heterocycles. The van der Waals surface area contributed by atoms with Crippen molar-refractivity contribution in [2.45, 2.75) is 25.3 Å². The van der Waals surface area contributed by atoms with Crippen LogP contribution in [0.5, 0.6) is 5.75 Å². The van der Waals surface area contributed by atoms with E-state index in [0.29, 0.717) is 38.3 Å². The number of rotatable bonds is 11. The van der Waals surface area contributed by atoms with Gasteiger partial charge in [-0.3, -0.25) is 14.7 Å². The van der Waals surface area contributed by atoms with E-state index in [1.54, 1.807) is 37.3 Å². The number of thiophene rings is 1. The molecule has 1 aliphatic heterocycles. The first-order chi connectivity index (χ1) is 23.6. The lowest BCUT2D eigenvalue weighted by Crippen LogP contribution is -2.29. The molecule has 6 rings (SSSR count). The van der Waals surface area contributed by atoms with E-state index in [1.807, 2.05) is 11.4 Å². The number of likely N-dealkylation sites (tertiary alicyclic amines) is 1. The highest BCUT2D eigenvalue weighted by Gasteiger charge is 2.36. The number of nitrogens with one attached hydrogen (secondary N) is 2. The number of aromatic nitrogens is 3. The molecule has 0 aliphatic carbocycles. The molecular weight excluding hydrogens is 662 g/mol.